The van der Waals surface area contributed by atoms with Crippen molar-refractivity contribution < 1.29 is 9.59 Å². The maximum absolute atomic E-state index is 12.5. The van der Waals surface area contributed by atoms with Crippen LogP contribution in [0.3, 0.4) is 0 Å². The summed E-state index contributed by atoms with van der Waals surface area (Å²) in [5, 5.41) is 10.0. The smallest absolute Gasteiger partial charge is 0.254 e. The SMILES string of the molecule is CN=C(NCCc1ccccc1Cl)NCc1ccc(C(=O)N2CCNC(=O)C2)cc1.I. The first-order valence-corrected chi connectivity index (χ1v) is 10.3. The minimum Gasteiger partial charge on any atom is -0.356 e. The Balaban J connectivity index is 0.00000341. The number of carbonyl (C=O) groups is 2. The number of carbonyl (C=O) groups excluding carboxylic acids is 2. The molecule has 1 aliphatic heterocycles. The number of nitrogens with one attached hydrogen (secondary N) is 3. The predicted molar refractivity (Wildman–Crippen MR) is 134 cm³/mol. The lowest BCUT2D eigenvalue weighted by molar-refractivity contribution is -0.123. The first-order chi connectivity index (χ1) is 14.6. The van der Waals surface area contributed by atoms with Crippen LogP contribution in [0.15, 0.2) is 53.5 Å². The Morgan fingerprint density at radius 2 is 1.90 bits per heavy atom. The van der Waals surface area contributed by atoms with Gasteiger partial charge >= 0.3 is 0 Å². The fourth-order valence-electron chi connectivity index (χ4n) is 3.18. The van der Waals surface area contributed by atoms with Gasteiger partial charge in [-0.25, -0.2) is 0 Å². The van der Waals surface area contributed by atoms with Crippen molar-refractivity contribution >= 4 is 53.4 Å². The van der Waals surface area contributed by atoms with Crippen LogP contribution in [0.4, 0.5) is 0 Å². The largest absolute Gasteiger partial charge is 0.356 e. The number of benzene rings is 2. The Hall–Kier alpha value is -2.33. The van der Waals surface area contributed by atoms with Crippen LogP contribution in [-0.2, 0) is 17.8 Å². The summed E-state index contributed by atoms with van der Waals surface area (Å²) in [6, 6.07) is 15.2. The molecule has 0 unspecified atom stereocenters. The van der Waals surface area contributed by atoms with E-state index in [1.54, 1.807) is 24.1 Å². The van der Waals surface area contributed by atoms with E-state index < -0.39 is 0 Å². The molecular formula is C22H27ClIN5O2. The summed E-state index contributed by atoms with van der Waals surface area (Å²) in [5.74, 6) is 0.451. The maximum Gasteiger partial charge on any atom is 0.254 e. The van der Waals surface area contributed by atoms with E-state index in [4.69, 9.17) is 11.6 Å². The summed E-state index contributed by atoms with van der Waals surface area (Å²) in [6.45, 7) is 2.42. The molecule has 166 valence electrons. The quantitative estimate of drug-likeness (QED) is 0.290. The van der Waals surface area contributed by atoms with E-state index in [0.29, 0.717) is 37.7 Å². The molecule has 0 radical (unpaired) electrons. The Labute approximate surface area is 204 Å². The van der Waals surface area contributed by atoms with Crippen molar-refractivity contribution in [2.75, 3.05) is 33.2 Å². The number of rotatable bonds is 6. The minimum absolute atomic E-state index is 0. The van der Waals surface area contributed by atoms with Crippen molar-refractivity contribution in [1.29, 1.82) is 0 Å². The maximum atomic E-state index is 12.5. The van der Waals surface area contributed by atoms with Crippen molar-refractivity contribution in [3.8, 4) is 0 Å². The van der Waals surface area contributed by atoms with Crippen LogP contribution in [0, 0.1) is 0 Å². The van der Waals surface area contributed by atoms with Gasteiger partial charge < -0.3 is 20.9 Å². The van der Waals surface area contributed by atoms with E-state index in [2.05, 4.69) is 20.9 Å². The third-order valence-electron chi connectivity index (χ3n) is 4.85. The van der Waals surface area contributed by atoms with E-state index in [-0.39, 0.29) is 42.3 Å². The molecule has 31 heavy (non-hydrogen) atoms. The molecule has 9 heteroatoms. The van der Waals surface area contributed by atoms with Gasteiger partial charge in [0.15, 0.2) is 5.96 Å². The number of aliphatic imine (C=N–C) groups is 1. The predicted octanol–water partition coefficient (Wildman–Crippen LogP) is 2.44. The fourth-order valence-corrected chi connectivity index (χ4v) is 3.41. The molecule has 1 fully saturated rings. The summed E-state index contributed by atoms with van der Waals surface area (Å²) in [6.07, 6.45) is 0.797. The van der Waals surface area contributed by atoms with Crippen molar-refractivity contribution in [2.45, 2.75) is 13.0 Å². The van der Waals surface area contributed by atoms with Crippen molar-refractivity contribution in [3.05, 3.63) is 70.2 Å². The molecule has 2 aromatic carbocycles. The average molecular weight is 556 g/mol. The van der Waals surface area contributed by atoms with E-state index in [1.807, 2.05) is 36.4 Å². The van der Waals surface area contributed by atoms with E-state index >= 15 is 0 Å². The second kappa shape index (κ2) is 12.5. The Bertz CT molecular complexity index is 920. The molecule has 0 atom stereocenters. The van der Waals surface area contributed by atoms with Crippen LogP contribution < -0.4 is 16.0 Å². The normalized spacial score (nSPS) is 13.8. The summed E-state index contributed by atoms with van der Waals surface area (Å²) >= 11 is 6.19. The summed E-state index contributed by atoms with van der Waals surface area (Å²) in [7, 11) is 1.72. The van der Waals surface area contributed by atoms with Gasteiger partial charge in [0, 0.05) is 43.8 Å². The van der Waals surface area contributed by atoms with Crippen molar-refractivity contribution in [1.82, 2.24) is 20.9 Å². The Morgan fingerprint density at radius 3 is 2.58 bits per heavy atom. The number of hydrogen-bond donors (Lipinski definition) is 3. The van der Waals surface area contributed by atoms with Crippen LogP contribution >= 0.6 is 35.6 Å². The fraction of sp³-hybridized carbons (Fsp3) is 0.318. The molecule has 0 spiro atoms. The summed E-state index contributed by atoms with van der Waals surface area (Å²) < 4.78 is 0. The Kier molecular flexibility index (Phi) is 10.1. The van der Waals surface area contributed by atoms with Gasteiger partial charge in [0.25, 0.3) is 5.91 Å². The first kappa shape index (κ1) is 24.9. The highest BCUT2D eigenvalue weighted by atomic mass is 127. The minimum atomic E-state index is -0.124. The van der Waals surface area contributed by atoms with Crippen LogP contribution in [-0.4, -0.2) is 55.9 Å². The van der Waals surface area contributed by atoms with Crippen LogP contribution in [0.5, 0.6) is 0 Å². The number of amides is 2. The molecule has 7 nitrogen and oxygen atoms in total. The van der Waals surface area contributed by atoms with Crippen LogP contribution in [0.25, 0.3) is 0 Å². The van der Waals surface area contributed by atoms with E-state index in [9.17, 15) is 9.59 Å². The van der Waals surface area contributed by atoms with Gasteiger partial charge in [-0.2, -0.15) is 0 Å². The molecule has 3 rings (SSSR count). The van der Waals surface area contributed by atoms with Crippen molar-refractivity contribution in [3.63, 3.8) is 0 Å². The zero-order valence-electron chi connectivity index (χ0n) is 17.4. The second-order valence-corrected chi connectivity index (χ2v) is 7.37. The standard InChI is InChI=1S/C22H26ClN5O2.HI/c1-24-22(26-11-10-17-4-2-3-5-19(17)23)27-14-16-6-8-18(9-7-16)21(30)28-13-12-25-20(29)15-28;/h2-9H,10-15H2,1H3,(H,25,29)(H2,24,26,27);1H. The molecule has 2 amide bonds. The molecular weight excluding hydrogens is 529 g/mol. The number of guanidine groups is 1. The molecule has 0 aliphatic carbocycles. The molecule has 1 heterocycles. The van der Waals surface area contributed by atoms with Gasteiger partial charge in [0.2, 0.25) is 5.91 Å². The van der Waals surface area contributed by atoms with Gasteiger partial charge in [0.05, 0.1) is 6.54 Å². The highest BCUT2D eigenvalue weighted by Gasteiger charge is 2.22. The van der Waals surface area contributed by atoms with E-state index in [1.165, 1.54) is 0 Å². The van der Waals surface area contributed by atoms with Gasteiger partial charge in [-0.1, -0.05) is 41.9 Å². The monoisotopic (exact) mass is 555 g/mol. The van der Waals surface area contributed by atoms with Gasteiger partial charge in [-0.15, -0.1) is 24.0 Å². The molecule has 0 bridgehead atoms. The highest BCUT2D eigenvalue weighted by Crippen LogP contribution is 2.14. The summed E-state index contributed by atoms with van der Waals surface area (Å²) in [4.78, 5) is 29.8. The zero-order valence-corrected chi connectivity index (χ0v) is 20.4. The van der Waals surface area contributed by atoms with Crippen molar-refractivity contribution in [2.24, 2.45) is 4.99 Å². The van der Waals surface area contributed by atoms with Crippen LogP contribution in [0.1, 0.15) is 21.5 Å². The topological polar surface area (TPSA) is 85.8 Å². The lowest BCUT2D eigenvalue weighted by atomic mass is 10.1. The number of halogens is 2. The first-order valence-electron chi connectivity index (χ1n) is 9.89. The van der Waals surface area contributed by atoms with Gasteiger partial charge in [0.1, 0.15) is 0 Å². The van der Waals surface area contributed by atoms with Gasteiger partial charge in [-0.05, 0) is 35.7 Å². The van der Waals surface area contributed by atoms with E-state index in [0.717, 1.165) is 22.6 Å². The molecule has 1 aliphatic rings. The molecule has 1 saturated heterocycles. The van der Waals surface area contributed by atoms with Gasteiger partial charge in [-0.3, -0.25) is 14.6 Å². The third kappa shape index (κ3) is 7.39. The summed E-state index contributed by atoms with van der Waals surface area (Å²) in [5.41, 5.74) is 2.70. The number of hydrogen-bond acceptors (Lipinski definition) is 3. The third-order valence-corrected chi connectivity index (χ3v) is 5.22. The Morgan fingerprint density at radius 1 is 1.16 bits per heavy atom. The molecule has 2 aromatic rings. The molecule has 3 N–H and O–H groups in total. The number of nitrogens with zero attached hydrogens (tertiary/aromatic N) is 2. The lowest BCUT2D eigenvalue weighted by Gasteiger charge is -2.26. The van der Waals surface area contributed by atoms with Crippen LogP contribution in [0.2, 0.25) is 5.02 Å². The molecule has 0 aromatic heterocycles. The zero-order chi connectivity index (χ0) is 21.3. The lowest BCUT2D eigenvalue weighted by Crippen LogP contribution is -2.49. The molecule has 0 saturated carbocycles. The second-order valence-electron chi connectivity index (χ2n) is 6.97. The average Bonchev–Trinajstić information content (AvgIpc) is 2.77. The highest BCUT2D eigenvalue weighted by molar-refractivity contribution is 14.0. The number of piperazine rings is 1.